The van der Waals surface area contributed by atoms with Crippen molar-refractivity contribution in [3.63, 3.8) is 0 Å². The standard InChI is InChI=1S/C4H11B.Mg.2H2O/c1-2-3-4-5;;;/h2-5H2,1H3;;2*1H2/q;+2;;/p-2. The van der Waals surface area contributed by atoms with Gasteiger partial charge in [0.2, 0.25) is 0 Å². The van der Waals surface area contributed by atoms with Gasteiger partial charge >= 0.3 is 23.1 Å². The summed E-state index contributed by atoms with van der Waals surface area (Å²) >= 11 is 0. The van der Waals surface area contributed by atoms with Crippen LogP contribution in [-0.2, 0) is 0 Å². The zero-order chi connectivity index (χ0) is 4.12. The summed E-state index contributed by atoms with van der Waals surface area (Å²) in [5, 5.41) is 0. The predicted molar refractivity (Wildman–Crippen MR) is 37.9 cm³/mol. The molecule has 8 heavy (non-hydrogen) atoms. The van der Waals surface area contributed by atoms with Gasteiger partial charge in [0, 0.05) is 0 Å². The normalized spacial score (nSPS) is 5.12. The second-order valence-corrected chi connectivity index (χ2v) is 1.35. The molecule has 2 N–H and O–H groups in total. The largest absolute Gasteiger partial charge is 2.00 e. The summed E-state index contributed by atoms with van der Waals surface area (Å²) < 4.78 is 0. The minimum absolute atomic E-state index is 0. The molecule has 0 amide bonds. The molecule has 0 aromatic rings. The van der Waals surface area contributed by atoms with Crippen LogP contribution in [0, 0.1) is 0 Å². The van der Waals surface area contributed by atoms with Gasteiger partial charge in [-0.15, -0.1) is 0 Å². The second kappa shape index (κ2) is 25.1. The van der Waals surface area contributed by atoms with Gasteiger partial charge in [0.05, 0.1) is 0 Å². The molecule has 0 aliphatic rings. The molecule has 0 aromatic heterocycles. The Morgan fingerprint density at radius 2 is 1.62 bits per heavy atom. The van der Waals surface area contributed by atoms with E-state index >= 15 is 0 Å². The van der Waals surface area contributed by atoms with Gasteiger partial charge in [-0.05, 0) is 0 Å². The molecule has 0 aromatic carbocycles. The first kappa shape index (κ1) is 23.3. The van der Waals surface area contributed by atoms with E-state index in [9.17, 15) is 0 Å². The molecule has 0 aliphatic heterocycles. The Labute approximate surface area is 68.2 Å². The summed E-state index contributed by atoms with van der Waals surface area (Å²) in [7, 11) is 2.21. The first-order chi connectivity index (χ1) is 2.41. The molecule has 0 heterocycles. The summed E-state index contributed by atoms with van der Waals surface area (Å²) in [5.41, 5.74) is 0. The van der Waals surface area contributed by atoms with Crippen LogP contribution in [0.2, 0.25) is 6.32 Å². The molecule has 0 bridgehead atoms. The Morgan fingerprint density at radius 3 is 1.62 bits per heavy atom. The fourth-order valence-corrected chi connectivity index (χ4v) is 0.354. The van der Waals surface area contributed by atoms with E-state index in [1.807, 2.05) is 0 Å². The van der Waals surface area contributed by atoms with Gasteiger partial charge in [-0.1, -0.05) is 26.1 Å². The molecule has 0 rings (SSSR count). The van der Waals surface area contributed by atoms with Crippen molar-refractivity contribution in [1.29, 1.82) is 0 Å². The number of hydrogen-bond donors (Lipinski definition) is 0. The van der Waals surface area contributed by atoms with Gasteiger partial charge in [-0.2, -0.15) is 0 Å². The fraction of sp³-hybridized carbons (Fsp3) is 1.00. The van der Waals surface area contributed by atoms with Gasteiger partial charge in [0.15, 0.2) is 0 Å². The van der Waals surface area contributed by atoms with Crippen molar-refractivity contribution >= 4 is 30.9 Å². The molecular formula is C4H13BMgO2. The van der Waals surface area contributed by atoms with E-state index in [-0.39, 0.29) is 34.0 Å². The first-order valence-corrected chi connectivity index (χ1v) is 2.41. The van der Waals surface area contributed by atoms with E-state index in [0.717, 1.165) is 0 Å². The summed E-state index contributed by atoms with van der Waals surface area (Å²) in [4.78, 5) is 0. The van der Waals surface area contributed by atoms with Crippen molar-refractivity contribution in [3.8, 4) is 0 Å². The molecule has 0 spiro atoms. The molecule has 0 radical (unpaired) electrons. The SMILES string of the molecule is BCCCC.[Mg+2].[OH-].[OH-]. The molecule has 2 nitrogen and oxygen atoms in total. The van der Waals surface area contributed by atoms with Crippen LogP contribution in [0.4, 0.5) is 0 Å². The molecule has 0 saturated carbocycles. The third kappa shape index (κ3) is 29.5. The van der Waals surface area contributed by atoms with E-state index in [2.05, 4.69) is 14.8 Å². The monoisotopic (exact) mass is 128 g/mol. The third-order valence-corrected chi connectivity index (χ3v) is 0.707. The molecule has 0 atom stereocenters. The van der Waals surface area contributed by atoms with Crippen molar-refractivity contribution in [2.45, 2.75) is 26.1 Å². The van der Waals surface area contributed by atoms with Gasteiger partial charge in [0.1, 0.15) is 7.85 Å². The zero-order valence-electron chi connectivity index (χ0n) is 5.72. The van der Waals surface area contributed by atoms with Crippen LogP contribution in [0.5, 0.6) is 0 Å². The fourth-order valence-electron chi connectivity index (χ4n) is 0.354. The zero-order valence-corrected chi connectivity index (χ0v) is 7.14. The van der Waals surface area contributed by atoms with Crippen LogP contribution in [0.1, 0.15) is 19.8 Å². The van der Waals surface area contributed by atoms with Crippen LogP contribution in [0.15, 0.2) is 0 Å². The van der Waals surface area contributed by atoms with Crippen LogP contribution in [0.3, 0.4) is 0 Å². The number of rotatable bonds is 2. The second-order valence-electron chi connectivity index (χ2n) is 1.35. The average Bonchev–Trinajstić information content (AvgIpc) is 1.41. The maximum atomic E-state index is 2.21. The van der Waals surface area contributed by atoms with Crippen LogP contribution in [0.25, 0.3) is 0 Å². The van der Waals surface area contributed by atoms with Crippen molar-refractivity contribution < 1.29 is 11.0 Å². The molecule has 0 unspecified atom stereocenters. The summed E-state index contributed by atoms with van der Waals surface area (Å²) in [6.07, 6.45) is 4.08. The predicted octanol–water partition coefficient (Wildman–Crippen LogP) is 0.103. The Morgan fingerprint density at radius 1 is 1.25 bits per heavy atom. The smallest absolute Gasteiger partial charge is 0.870 e. The first-order valence-electron chi connectivity index (χ1n) is 2.41. The minimum atomic E-state index is 0. The Bertz CT molecular complexity index is 21.5. The van der Waals surface area contributed by atoms with Crippen LogP contribution < -0.4 is 0 Å². The quantitative estimate of drug-likeness (QED) is 0.495. The van der Waals surface area contributed by atoms with Gasteiger partial charge in [-0.3, -0.25) is 0 Å². The van der Waals surface area contributed by atoms with Crippen molar-refractivity contribution in [3.05, 3.63) is 0 Å². The van der Waals surface area contributed by atoms with E-state index in [4.69, 9.17) is 0 Å². The van der Waals surface area contributed by atoms with Gasteiger partial charge < -0.3 is 11.0 Å². The van der Waals surface area contributed by atoms with E-state index in [1.165, 1.54) is 19.2 Å². The third-order valence-electron chi connectivity index (χ3n) is 0.707. The number of hydrogen-bond acceptors (Lipinski definition) is 2. The van der Waals surface area contributed by atoms with Gasteiger partial charge in [0.25, 0.3) is 0 Å². The van der Waals surface area contributed by atoms with E-state index in [1.54, 1.807) is 0 Å². The molecule has 0 saturated heterocycles. The maximum absolute atomic E-state index is 2.21. The minimum Gasteiger partial charge on any atom is -0.870 e. The summed E-state index contributed by atoms with van der Waals surface area (Å²) in [6.45, 7) is 2.21. The molecule has 0 fully saturated rings. The van der Waals surface area contributed by atoms with Crippen molar-refractivity contribution in [2.75, 3.05) is 0 Å². The summed E-state index contributed by atoms with van der Waals surface area (Å²) in [5.74, 6) is 0. The average molecular weight is 128 g/mol. The molecular weight excluding hydrogens is 115 g/mol. The molecule has 4 heteroatoms. The van der Waals surface area contributed by atoms with Crippen molar-refractivity contribution in [1.82, 2.24) is 0 Å². The number of unbranched alkanes of at least 4 members (excludes halogenated alkanes) is 1. The van der Waals surface area contributed by atoms with E-state index < -0.39 is 0 Å². The molecule has 46 valence electrons. The topological polar surface area (TPSA) is 60.0 Å². The van der Waals surface area contributed by atoms with E-state index in [0.29, 0.717) is 0 Å². The molecule has 0 aliphatic carbocycles. The van der Waals surface area contributed by atoms with Crippen LogP contribution >= 0.6 is 0 Å². The summed E-state index contributed by atoms with van der Waals surface area (Å²) in [6, 6.07) is 0. The Balaban J connectivity index is -0.0000000267. The van der Waals surface area contributed by atoms with Crippen molar-refractivity contribution in [2.24, 2.45) is 0 Å². The van der Waals surface area contributed by atoms with Gasteiger partial charge in [-0.25, -0.2) is 0 Å². The Kier molecular flexibility index (Phi) is 73.1. The Hall–Kier alpha value is 0.751. The van der Waals surface area contributed by atoms with Crippen LogP contribution in [-0.4, -0.2) is 41.9 Å². The maximum Gasteiger partial charge on any atom is 2.00 e.